The standard InChI is InChI=1S/C26H18Cl2F2N2O6S2/c27-18-2-1-16(25(28)13-18)15-38-26(33)17-11-21(31-39(34,35)23-7-3-19(29)4-8-23)14-22(12-17)32-40(36,37)24-9-5-20(30)6-10-24/h1-14,31-32H,15H2. The Morgan fingerprint density at radius 1 is 0.700 bits per heavy atom. The molecule has 0 bridgehead atoms. The number of halogens is 4. The second-order valence-electron chi connectivity index (χ2n) is 8.23. The van der Waals surface area contributed by atoms with E-state index in [0.29, 0.717) is 10.6 Å². The van der Waals surface area contributed by atoms with Gasteiger partial charge in [-0.05, 0) is 78.9 Å². The summed E-state index contributed by atoms with van der Waals surface area (Å²) in [7, 11) is -8.55. The van der Waals surface area contributed by atoms with Crippen molar-refractivity contribution in [3.05, 3.63) is 118 Å². The fraction of sp³-hybridized carbons (Fsp3) is 0.0385. The number of rotatable bonds is 9. The number of sulfonamides is 2. The molecule has 0 aliphatic heterocycles. The third-order valence-electron chi connectivity index (χ3n) is 5.29. The van der Waals surface area contributed by atoms with E-state index in [1.54, 1.807) is 12.1 Å². The number of benzene rings is 4. The van der Waals surface area contributed by atoms with E-state index in [0.717, 1.165) is 66.7 Å². The Morgan fingerprint density at radius 3 is 1.62 bits per heavy atom. The Labute approximate surface area is 238 Å². The van der Waals surface area contributed by atoms with Gasteiger partial charge in [-0.2, -0.15) is 0 Å². The van der Waals surface area contributed by atoms with Gasteiger partial charge in [0.15, 0.2) is 0 Å². The maximum atomic E-state index is 13.3. The van der Waals surface area contributed by atoms with Gasteiger partial charge in [0.1, 0.15) is 18.2 Å². The molecule has 4 aromatic rings. The zero-order chi connectivity index (χ0) is 29.1. The summed E-state index contributed by atoms with van der Waals surface area (Å²) in [6.07, 6.45) is 0. The lowest BCUT2D eigenvalue weighted by Gasteiger charge is -2.14. The van der Waals surface area contributed by atoms with Crippen molar-refractivity contribution in [2.75, 3.05) is 9.44 Å². The fourth-order valence-corrected chi connectivity index (χ4v) is 5.93. The summed E-state index contributed by atoms with van der Waals surface area (Å²) in [5.41, 5.74) is -0.203. The fourth-order valence-electron chi connectivity index (χ4n) is 3.38. The van der Waals surface area contributed by atoms with Gasteiger partial charge in [0.05, 0.1) is 26.7 Å². The quantitative estimate of drug-likeness (QED) is 0.213. The molecule has 0 unspecified atom stereocenters. The zero-order valence-electron chi connectivity index (χ0n) is 20.1. The van der Waals surface area contributed by atoms with E-state index in [4.69, 9.17) is 27.9 Å². The van der Waals surface area contributed by atoms with E-state index in [1.165, 1.54) is 6.07 Å². The van der Waals surface area contributed by atoms with Gasteiger partial charge in [0.25, 0.3) is 20.0 Å². The van der Waals surface area contributed by atoms with Crippen LogP contribution in [0.25, 0.3) is 0 Å². The molecule has 0 saturated carbocycles. The molecule has 0 aliphatic rings. The van der Waals surface area contributed by atoms with Crippen LogP contribution in [0.4, 0.5) is 20.2 Å². The molecular weight excluding hydrogens is 609 g/mol. The zero-order valence-corrected chi connectivity index (χ0v) is 23.2. The average molecular weight is 627 g/mol. The molecule has 8 nitrogen and oxygen atoms in total. The van der Waals surface area contributed by atoms with Crippen molar-refractivity contribution in [1.82, 2.24) is 0 Å². The first-order chi connectivity index (χ1) is 18.8. The van der Waals surface area contributed by atoms with Crippen LogP contribution in [0.15, 0.2) is 94.7 Å². The van der Waals surface area contributed by atoms with Crippen LogP contribution in [0.5, 0.6) is 0 Å². The third-order valence-corrected chi connectivity index (χ3v) is 8.68. The molecular formula is C26H18Cl2F2N2O6S2. The Balaban J connectivity index is 1.67. The summed E-state index contributed by atoms with van der Waals surface area (Å²) < 4.78 is 87.8. The van der Waals surface area contributed by atoms with Crippen molar-refractivity contribution < 1.29 is 35.1 Å². The third kappa shape index (κ3) is 7.27. The maximum Gasteiger partial charge on any atom is 0.338 e. The number of nitrogens with one attached hydrogen (secondary N) is 2. The van der Waals surface area contributed by atoms with E-state index in [2.05, 4.69) is 9.44 Å². The average Bonchev–Trinajstić information content (AvgIpc) is 2.88. The minimum absolute atomic E-state index is 0.208. The van der Waals surface area contributed by atoms with Crippen molar-refractivity contribution in [2.24, 2.45) is 0 Å². The van der Waals surface area contributed by atoms with Crippen LogP contribution in [0.1, 0.15) is 15.9 Å². The lowest BCUT2D eigenvalue weighted by atomic mass is 10.2. The van der Waals surface area contributed by atoms with Crippen LogP contribution in [-0.4, -0.2) is 22.8 Å². The normalized spacial score (nSPS) is 11.6. The summed E-state index contributed by atoms with van der Waals surface area (Å²) in [5.74, 6) is -2.24. The van der Waals surface area contributed by atoms with Crippen LogP contribution >= 0.6 is 23.2 Å². The first-order valence-corrected chi connectivity index (χ1v) is 14.9. The summed E-state index contributed by atoms with van der Waals surface area (Å²) >= 11 is 12.0. The number of anilines is 2. The molecule has 0 aromatic heterocycles. The maximum absolute atomic E-state index is 13.3. The first-order valence-electron chi connectivity index (χ1n) is 11.2. The van der Waals surface area contributed by atoms with Crippen LogP contribution < -0.4 is 9.44 Å². The second kappa shape index (κ2) is 11.8. The van der Waals surface area contributed by atoms with E-state index in [-0.39, 0.29) is 38.4 Å². The molecule has 0 heterocycles. The second-order valence-corrected chi connectivity index (χ2v) is 12.4. The predicted molar refractivity (Wildman–Crippen MR) is 146 cm³/mol. The van der Waals surface area contributed by atoms with Gasteiger partial charge in [-0.15, -0.1) is 0 Å². The molecule has 2 N–H and O–H groups in total. The van der Waals surface area contributed by atoms with Crippen molar-refractivity contribution in [3.63, 3.8) is 0 Å². The number of hydrogen-bond donors (Lipinski definition) is 2. The molecule has 0 saturated heterocycles. The lowest BCUT2D eigenvalue weighted by molar-refractivity contribution is 0.0473. The topological polar surface area (TPSA) is 119 Å². The van der Waals surface area contributed by atoms with Crippen molar-refractivity contribution in [2.45, 2.75) is 16.4 Å². The number of ether oxygens (including phenoxy) is 1. The van der Waals surface area contributed by atoms with E-state index in [9.17, 15) is 30.4 Å². The Hall–Kier alpha value is -3.71. The lowest BCUT2D eigenvalue weighted by Crippen LogP contribution is -2.16. The highest BCUT2D eigenvalue weighted by molar-refractivity contribution is 7.93. The molecule has 0 spiro atoms. The predicted octanol–water partition coefficient (Wildman–Crippen LogP) is 6.23. The molecule has 0 aliphatic carbocycles. The van der Waals surface area contributed by atoms with Crippen LogP contribution in [0.2, 0.25) is 10.0 Å². The first kappa shape index (κ1) is 29.3. The molecule has 0 radical (unpaired) electrons. The smallest absolute Gasteiger partial charge is 0.338 e. The van der Waals surface area contributed by atoms with Gasteiger partial charge in [-0.1, -0.05) is 29.3 Å². The highest BCUT2D eigenvalue weighted by Gasteiger charge is 2.20. The molecule has 4 rings (SSSR count). The van der Waals surface area contributed by atoms with Crippen molar-refractivity contribution >= 4 is 60.6 Å². The Bertz CT molecular complexity index is 1690. The molecule has 0 atom stereocenters. The largest absolute Gasteiger partial charge is 0.457 e. The van der Waals surface area contributed by atoms with E-state index < -0.39 is 37.7 Å². The van der Waals surface area contributed by atoms with Gasteiger partial charge >= 0.3 is 5.97 Å². The monoisotopic (exact) mass is 626 g/mol. The number of carbonyl (C=O) groups excluding carboxylic acids is 1. The van der Waals surface area contributed by atoms with Crippen LogP contribution in [0.3, 0.4) is 0 Å². The van der Waals surface area contributed by atoms with Gasteiger partial charge in [-0.3, -0.25) is 9.44 Å². The summed E-state index contributed by atoms with van der Waals surface area (Å²) in [4.78, 5) is 12.3. The molecule has 4 aromatic carbocycles. The molecule has 208 valence electrons. The highest BCUT2D eigenvalue weighted by atomic mass is 35.5. The van der Waals surface area contributed by atoms with Crippen molar-refractivity contribution in [1.29, 1.82) is 0 Å². The minimum Gasteiger partial charge on any atom is -0.457 e. The highest BCUT2D eigenvalue weighted by Crippen LogP contribution is 2.27. The number of hydrogen-bond acceptors (Lipinski definition) is 6. The summed E-state index contributed by atoms with van der Waals surface area (Å²) in [6.45, 7) is -0.267. The minimum atomic E-state index is -4.27. The SMILES string of the molecule is O=C(OCc1ccc(Cl)cc1Cl)c1cc(NS(=O)(=O)c2ccc(F)cc2)cc(NS(=O)(=O)c2ccc(F)cc2)c1. The number of carbonyl (C=O) groups is 1. The van der Waals surface area contributed by atoms with E-state index in [1.807, 2.05) is 0 Å². The van der Waals surface area contributed by atoms with Crippen LogP contribution in [-0.2, 0) is 31.4 Å². The van der Waals surface area contributed by atoms with Gasteiger partial charge in [0, 0.05) is 15.6 Å². The summed E-state index contributed by atoms with van der Waals surface area (Å²) in [5, 5.41) is 0.619. The molecule has 0 fully saturated rings. The molecule has 14 heteroatoms. The Morgan fingerprint density at radius 2 is 1.18 bits per heavy atom. The summed E-state index contributed by atoms with van der Waals surface area (Å²) in [6, 6.07) is 15.9. The van der Waals surface area contributed by atoms with Gasteiger partial charge < -0.3 is 4.74 Å². The Kier molecular flexibility index (Phi) is 8.64. The molecule has 40 heavy (non-hydrogen) atoms. The van der Waals surface area contributed by atoms with Crippen molar-refractivity contribution in [3.8, 4) is 0 Å². The molecule has 0 amide bonds. The van der Waals surface area contributed by atoms with Gasteiger partial charge in [-0.25, -0.2) is 30.4 Å². The van der Waals surface area contributed by atoms with Gasteiger partial charge in [0.2, 0.25) is 0 Å². The van der Waals surface area contributed by atoms with Crippen LogP contribution in [0, 0.1) is 11.6 Å². The number of esters is 1. The van der Waals surface area contributed by atoms with E-state index >= 15 is 0 Å².